The van der Waals surface area contributed by atoms with E-state index in [9.17, 15) is 0 Å². The van der Waals surface area contributed by atoms with Crippen molar-refractivity contribution in [3.63, 3.8) is 0 Å². The molecule has 0 atom stereocenters. The molecule has 2 N–H and O–H groups in total. The Bertz CT molecular complexity index is 450. The largest absolute Gasteiger partial charge is 0.399 e. The predicted octanol–water partition coefficient (Wildman–Crippen LogP) is 1.66. The zero-order valence-corrected chi connectivity index (χ0v) is 8.81. The molecule has 0 saturated carbocycles. The number of rotatable bonds is 4. The van der Waals surface area contributed by atoms with Gasteiger partial charge >= 0.3 is 0 Å². The number of benzene rings is 1. The van der Waals surface area contributed by atoms with Crippen molar-refractivity contribution in [2.45, 2.75) is 13.0 Å². The lowest BCUT2D eigenvalue weighted by molar-refractivity contribution is 0.189. The smallest absolute Gasteiger partial charge is 0.0943 e. The van der Waals surface area contributed by atoms with Crippen molar-refractivity contribution in [1.82, 2.24) is 9.78 Å². The summed E-state index contributed by atoms with van der Waals surface area (Å²) in [7, 11) is 1.71. The molecule has 0 fully saturated rings. The second-order valence-electron chi connectivity index (χ2n) is 3.56. The van der Waals surface area contributed by atoms with Gasteiger partial charge in [0.05, 0.1) is 5.52 Å². The van der Waals surface area contributed by atoms with E-state index >= 15 is 0 Å². The van der Waals surface area contributed by atoms with Gasteiger partial charge in [0.2, 0.25) is 0 Å². The van der Waals surface area contributed by atoms with Gasteiger partial charge in [-0.2, -0.15) is 5.10 Å². The molecule has 1 heterocycles. The summed E-state index contributed by atoms with van der Waals surface area (Å²) in [6.45, 7) is 1.64. The normalized spacial score (nSPS) is 11.0. The van der Waals surface area contributed by atoms with Crippen LogP contribution in [0, 0.1) is 0 Å². The minimum atomic E-state index is 0.754. The summed E-state index contributed by atoms with van der Waals surface area (Å²) in [5.74, 6) is 0. The number of fused-ring (bicyclic) bond motifs is 1. The number of ether oxygens (including phenoxy) is 1. The fourth-order valence-corrected chi connectivity index (χ4v) is 1.57. The molecule has 0 aliphatic heterocycles. The molecule has 0 radical (unpaired) electrons. The number of aryl methyl sites for hydroxylation is 1. The van der Waals surface area contributed by atoms with Crippen molar-refractivity contribution < 1.29 is 4.74 Å². The van der Waals surface area contributed by atoms with Gasteiger partial charge in [0.25, 0.3) is 0 Å². The summed E-state index contributed by atoms with van der Waals surface area (Å²) in [6, 6.07) is 5.77. The molecule has 0 saturated heterocycles. The molecule has 0 aliphatic rings. The minimum Gasteiger partial charge on any atom is -0.399 e. The maximum Gasteiger partial charge on any atom is 0.0943 e. The van der Waals surface area contributed by atoms with E-state index in [2.05, 4.69) is 5.10 Å². The Morgan fingerprint density at radius 2 is 2.33 bits per heavy atom. The van der Waals surface area contributed by atoms with Gasteiger partial charge in [-0.15, -0.1) is 0 Å². The monoisotopic (exact) mass is 205 g/mol. The van der Waals surface area contributed by atoms with Gasteiger partial charge in [0.1, 0.15) is 0 Å². The van der Waals surface area contributed by atoms with Gasteiger partial charge in [0.15, 0.2) is 0 Å². The lowest BCUT2D eigenvalue weighted by atomic mass is 10.2. The van der Waals surface area contributed by atoms with Crippen molar-refractivity contribution in [1.29, 1.82) is 0 Å². The van der Waals surface area contributed by atoms with Gasteiger partial charge in [-0.25, -0.2) is 0 Å². The van der Waals surface area contributed by atoms with Gasteiger partial charge in [-0.3, -0.25) is 4.68 Å². The Morgan fingerprint density at radius 3 is 3.13 bits per heavy atom. The second kappa shape index (κ2) is 4.31. The first-order valence-electron chi connectivity index (χ1n) is 5.01. The molecule has 0 aliphatic carbocycles. The molecule has 1 aromatic carbocycles. The van der Waals surface area contributed by atoms with Crippen LogP contribution in [0.2, 0.25) is 0 Å². The van der Waals surface area contributed by atoms with E-state index in [1.807, 2.05) is 29.1 Å². The van der Waals surface area contributed by atoms with Crippen LogP contribution in [0.3, 0.4) is 0 Å². The van der Waals surface area contributed by atoms with Crippen LogP contribution in [0.5, 0.6) is 0 Å². The number of hydrogen-bond acceptors (Lipinski definition) is 3. The quantitative estimate of drug-likeness (QED) is 0.610. The van der Waals surface area contributed by atoms with Gasteiger partial charge < -0.3 is 10.5 Å². The van der Waals surface area contributed by atoms with E-state index in [-0.39, 0.29) is 0 Å². The van der Waals surface area contributed by atoms with Crippen LogP contribution in [-0.2, 0) is 11.3 Å². The zero-order chi connectivity index (χ0) is 10.7. The average Bonchev–Trinajstić information content (AvgIpc) is 2.60. The molecule has 4 heteroatoms. The first-order chi connectivity index (χ1) is 7.29. The van der Waals surface area contributed by atoms with Crippen LogP contribution in [0.1, 0.15) is 6.42 Å². The van der Waals surface area contributed by atoms with Gasteiger partial charge in [0, 0.05) is 37.5 Å². The number of hydrogen-bond donors (Lipinski definition) is 1. The maximum atomic E-state index is 5.69. The Morgan fingerprint density at radius 1 is 1.47 bits per heavy atom. The van der Waals surface area contributed by atoms with Crippen molar-refractivity contribution in [2.75, 3.05) is 19.5 Å². The molecule has 1 aromatic heterocycles. The van der Waals surface area contributed by atoms with Crippen molar-refractivity contribution in [2.24, 2.45) is 0 Å². The number of anilines is 1. The van der Waals surface area contributed by atoms with Crippen LogP contribution in [0.25, 0.3) is 10.9 Å². The highest BCUT2D eigenvalue weighted by Gasteiger charge is 2.00. The highest BCUT2D eigenvalue weighted by Crippen LogP contribution is 2.15. The van der Waals surface area contributed by atoms with Crippen LogP contribution in [0.15, 0.2) is 24.4 Å². The SMILES string of the molecule is COCCCn1cc2ccc(N)cc2n1. The van der Waals surface area contributed by atoms with E-state index in [0.29, 0.717) is 0 Å². The van der Waals surface area contributed by atoms with Gasteiger partial charge in [-0.1, -0.05) is 0 Å². The fraction of sp³-hybridized carbons (Fsp3) is 0.364. The third-order valence-corrected chi connectivity index (χ3v) is 2.31. The molecule has 0 unspecified atom stereocenters. The van der Waals surface area contributed by atoms with E-state index in [0.717, 1.165) is 36.2 Å². The maximum absolute atomic E-state index is 5.69. The van der Waals surface area contributed by atoms with Gasteiger partial charge in [-0.05, 0) is 24.6 Å². The Hall–Kier alpha value is -1.55. The number of nitrogens with zero attached hydrogens (tertiary/aromatic N) is 2. The number of aromatic nitrogens is 2. The average molecular weight is 205 g/mol. The summed E-state index contributed by atoms with van der Waals surface area (Å²) in [4.78, 5) is 0. The molecule has 80 valence electrons. The van der Waals surface area contributed by atoms with Crippen LogP contribution in [-0.4, -0.2) is 23.5 Å². The number of nitrogen functional groups attached to an aromatic ring is 1. The Labute approximate surface area is 88.6 Å². The molecule has 0 spiro atoms. The molecule has 2 rings (SSSR count). The highest BCUT2D eigenvalue weighted by molar-refractivity contribution is 5.81. The van der Waals surface area contributed by atoms with E-state index in [1.54, 1.807) is 7.11 Å². The summed E-state index contributed by atoms with van der Waals surface area (Å²) in [5.41, 5.74) is 7.39. The van der Waals surface area contributed by atoms with E-state index in [4.69, 9.17) is 10.5 Å². The molecule has 15 heavy (non-hydrogen) atoms. The van der Waals surface area contributed by atoms with E-state index in [1.165, 1.54) is 0 Å². The molecule has 0 amide bonds. The second-order valence-corrected chi connectivity index (χ2v) is 3.56. The topological polar surface area (TPSA) is 53.1 Å². The molecule has 2 aromatic rings. The third-order valence-electron chi connectivity index (χ3n) is 2.31. The van der Waals surface area contributed by atoms with E-state index < -0.39 is 0 Å². The summed E-state index contributed by atoms with van der Waals surface area (Å²) in [6.07, 6.45) is 3.00. The Balaban J connectivity index is 2.16. The highest BCUT2D eigenvalue weighted by atomic mass is 16.5. The lowest BCUT2D eigenvalue weighted by Crippen LogP contribution is -2.01. The molecule has 0 bridgehead atoms. The number of methoxy groups -OCH3 is 1. The molecular formula is C11H15N3O. The summed E-state index contributed by atoms with van der Waals surface area (Å²) >= 11 is 0. The first kappa shape index (κ1) is 9.98. The minimum absolute atomic E-state index is 0.754. The molecular weight excluding hydrogens is 190 g/mol. The Kier molecular flexibility index (Phi) is 2.87. The summed E-state index contributed by atoms with van der Waals surface area (Å²) in [5, 5.41) is 5.55. The van der Waals surface area contributed by atoms with Crippen molar-refractivity contribution in [3.8, 4) is 0 Å². The summed E-state index contributed by atoms with van der Waals surface area (Å²) < 4.78 is 6.93. The number of nitrogens with two attached hydrogens (primary N) is 1. The predicted molar refractivity (Wildman–Crippen MR) is 60.6 cm³/mol. The molecule has 4 nitrogen and oxygen atoms in total. The fourth-order valence-electron chi connectivity index (χ4n) is 1.57. The zero-order valence-electron chi connectivity index (χ0n) is 8.81. The van der Waals surface area contributed by atoms with Crippen molar-refractivity contribution in [3.05, 3.63) is 24.4 Å². The lowest BCUT2D eigenvalue weighted by Gasteiger charge is -1.98. The van der Waals surface area contributed by atoms with Crippen LogP contribution >= 0.6 is 0 Å². The third kappa shape index (κ3) is 2.27. The van der Waals surface area contributed by atoms with Crippen molar-refractivity contribution >= 4 is 16.6 Å². The standard InChI is InChI=1S/C11H15N3O/c1-15-6-2-5-14-8-9-3-4-10(12)7-11(9)13-14/h3-4,7-8H,2,5-6,12H2,1H3. The van der Waals surface area contributed by atoms with Crippen LogP contribution < -0.4 is 5.73 Å². The first-order valence-corrected chi connectivity index (χ1v) is 5.01. The van der Waals surface area contributed by atoms with Crippen LogP contribution in [0.4, 0.5) is 5.69 Å².